The van der Waals surface area contributed by atoms with Gasteiger partial charge in [-0.3, -0.25) is 14.4 Å². The number of nitrogens with one attached hydrogen (secondary N) is 2. The Kier molecular flexibility index (Phi) is 7.42. The summed E-state index contributed by atoms with van der Waals surface area (Å²) < 4.78 is 1.28. The highest BCUT2D eigenvalue weighted by molar-refractivity contribution is 8.03. The fourth-order valence-electron chi connectivity index (χ4n) is 6.22. The summed E-state index contributed by atoms with van der Waals surface area (Å²) in [6.45, 7) is 5.32. The topological polar surface area (TPSA) is 189 Å². The van der Waals surface area contributed by atoms with Gasteiger partial charge in [0.15, 0.2) is 0 Å². The molecule has 0 bridgehead atoms. The minimum Gasteiger partial charge on any atom is -0.477 e. The molecular formula is C23H33N9O5S. The number of fused-ring (bicyclic) bond motifs is 1. The Morgan fingerprint density at radius 1 is 1.37 bits per heavy atom. The first-order valence-electron chi connectivity index (χ1n) is 12.9. The Labute approximate surface area is 223 Å². The molecule has 1 aromatic heterocycles. The molecule has 0 aliphatic carbocycles. The van der Waals surface area contributed by atoms with Gasteiger partial charge < -0.3 is 31.3 Å². The summed E-state index contributed by atoms with van der Waals surface area (Å²) in [5, 5.41) is 26.8. The van der Waals surface area contributed by atoms with Crippen molar-refractivity contribution in [2.75, 3.05) is 19.6 Å². The van der Waals surface area contributed by atoms with Gasteiger partial charge in [0.25, 0.3) is 0 Å². The number of amides is 3. The molecule has 206 valence electrons. The van der Waals surface area contributed by atoms with Gasteiger partial charge in [-0.15, -0.1) is 16.9 Å². The van der Waals surface area contributed by atoms with E-state index in [1.54, 1.807) is 6.92 Å². The van der Waals surface area contributed by atoms with Crippen LogP contribution in [0.3, 0.4) is 0 Å². The number of nitrogens with two attached hydrogens (primary N) is 1. The highest BCUT2D eigenvalue weighted by atomic mass is 32.2. The Balaban J connectivity index is 1.24. The number of hydrogen-bond donors (Lipinski definition) is 4. The number of hydrogen-bond acceptors (Lipinski definition) is 10. The first-order chi connectivity index (χ1) is 18.2. The molecule has 0 radical (unpaired) electrons. The highest BCUT2D eigenvalue weighted by Crippen LogP contribution is 2.51. The van der Waals surface area contributed by atoms with Crippen LogP contribution in [0.2, 0.25) is 0 Å². The Morgan fingerprint density at radius 2 is 2.16 bits per heavy atom. The van der Waals surface area contributed by atoms with Gasteiger partial charge in [-0.05, 0) is 36.6 Å². The molecule has 5 heterocycles. The van der Waals surface area contributed by atoms with E-state index >= 15 is 0 Å². The van der Waals surface area contributed by atoms with Crippen LogP contribution in [0.25, 0.3) is 0 Å². The molecule has 0 spiro atoms. The molecule has 1 aromatic rings. The number of carbonyl (C=O) groups is 4. The van der Waals surface area contributed by atoms with E-state index in [0.717, 1.165) is 12.8 Å². The summed E-state index contributed by atoms with van der Waals surface area (Å²) in [4.78, 5) is 54.8. The van der Waals surface area contributed by atoms with Crippen molar-refractivity contribution < 1.29 is 24.3 Å². The van der Waals surface area contributed by atoms with Crippen LogP contribution in [-0.4, -0.2) is 108 Å². The highest BCUT2D eigenvalue weighted by Gasteiger charge is 2.60. The van der Waals surface area contributed by atoms with Crippen LogP contribution >= 0.6 is 11.8 Å². The largest absolute Gasteiger partial charge is 0.477 e. The summed E-state index contributed by atoms with van der Waals surface area (Å²) in [7, 11) is 0. The van der Waals surface area contributed by atoms with Crippen molar-refractivity contribution in [2.45, 2.75) is 69.1 Å². The molecule has 15 heteroatoms. The maximum Gasteiger partial charge on any atom is 0.353 e. The summed E-state index contributed by atoms with van der Waals surface area (Å²) >= 11 is 1.44. The molecule has 5 N–H and O–H groups in total. The second-order valence-electron chi connectivity index (χ2n) is 10.4. The van der Waals surface area contributed by atoms with Crippen molar-refractivity contribution in [1.29, 1.82) is 0 Å². The molecule has 2 unspecified atom stereocenters. The van der Waals surface area contributed by atoms with Crippen molar-refractivity contribution in [2.24, 2.45) is 17.6 Å². The maximum absolute atomic E-state index is 13.1. The first-order valence-corrected chi connectivity index (χ1v) is 13.8. The number of carbonyl (C=O) groups excluding carboxylic acids is 3. The number of aromatic nitrogens is 4. The number of β-lactam (4-membered cyclic amide) rings is 1. The Hall–Kier alpha value is -3.04. The third-order valence-electron chi connectivity index (χ3n) is 8.03. The fourth-order valence-corrected chi connectivity index (χ4v) is 7.70. The molecule has 7 atom stereocenters. The van der Waals surface area contributed by atoms with Gasteiger partial charge in [0, 0.05) is 47.8 Å². The maximum atomic E-state index is 13.1. The summed E-state index contributed by atoms with van der Waals surface area (Å²) in [5.74, 6) is -2.52. The molecule has 3 saturated heterocycles. The van der Waals surface area contributed by atoms with Crippen LogP contribution in [0.15, 0.2) is 16.9 Å². The standard InChI is InChI=1S/C23H33N9O5S/c1-11-18-17(12(2)27-16(33)9-30-10-26-28-29-30)22(35)32(18)19(23(36)37)20(11)38-14-6-15(25-8-14)21(34)31-5-3-4-13(31)7-24/h10-15,17-18,25H,3-9,24H2,1-2H3,(H,27,33)(H,36,37)/t11-,12-,13+,14?,15?,17-,18-/m1/s1. The van der Waals surface area contributed by atoms with E-state index in [0.29, 0.717) is 31.0 Å². The minimum absolute atomic E-state index is 0.00431. The zero-order valence-electron chi connectivity index (χ0n) is 21.3. The lowest BCUT2D eigenvalue weighted by atomic mass is 9.78. The lowest BCUT2D eigenvalue weighted by Gasteiger charge is -2.47. The first kappa shape index (κ1) is 26.6. The third kappa shape index (κ3) is 4.66. The monoisotopic (exact) mass is 547 g/mol. The van der Waals surface area contributed by atoms with Gasteiger partial charge >= 0.3 is 5.97 Å². The van der Waals surface area contributed by atoms with Crippen LogP contribution in [0, 0.1) is 11.8 Å². The van der Waals surface area contributed by atoms with Gasteiger partial charge in [-0.1, -0.05) is 6.92 Å². The van der Waals surface area contributed by atoms with E-state index in [4.69, 9.17) is 5.73 Å². The number of carboxylic acids is 1. The predicted octanol–water partition coefficient (Wildman–Crippen LogP) is -1.64. The molecule has 4 aliphatic rings. The molecule has 4 aliphatic heterocycles. The molecule has 14 nitrogen and oxygen atoms in total. The van der Waals surface area contributed by atoms with E-state index in [1.807, 2.05) is 11.8 Å². The zero-order chi connectivity index (χ0) is 27.1. The van der Waals surface area contributed by atoms with Gasteiger partial charge in [-0.25, -0.2) is 9.48 Å². The summed E-state index contributed by atoms with van der Waals surface area (Å²) in [6, 6.07) is -1.11. The van der Waals surface area contributed by atoms with Gasteiger partial charge in [0.1, 0.15) is 18.6 Å². The van der Waals surface area contributed by atoms with Crippen molar-refractivity contribution >= 4 is 35.5 Å². The van der Waals surface area contributed by atoms with Crippen LogP contribution in [-0.2, 0) is 25.7 Å². The molecular weight excluding hydrogens is 514 g/mol. The number of rotatable bonds is 9. The molecule has 38 heavy (non-hydrogen) atoms. The number of likely N-dealkylation sites (tertiary alicyclic amines) is 1. The Bertz CT molecular complexity index is 1140. The van der Waals surface area contributed by atoms with E-state index in [1.165, 1.54) is 27.7 Å². The van der Waals surface area contributed by atoms with Gasteiger partial charge in [-0.2, -0.15) is 0 Å². The lowest BCUT2D eigenvalue weighted by Crippen LogP contribution is -2.66. The van der Waals surface area contributed by atoms with E-state index in [9.17, 15) is 24.3 Å². The van der Waals surface area contributed by atoms with Crippen molar-refractivity contribution in [3.63, 3.8) is 0 Å². The van der Waals surface area contributed by atoms with Crippen LogP contribution in [0.5, 0.6) is 0 Å². The van der Waals surface area contributed by atoms with Crippen LogP contribution in [0.1, 0.15) is 33.1 Å². The van der Waals surface area contributed by atoms with Crippen molar-refractivity contribution in [3.8, 4) is 0 Å². The lowest BCUT2D eigenvalue weighted by molar-refractivity contribution is -0.158. The smallest absolute Gasteiger partial charge is 0.353 e. The van der Waals surface area contributed by atoms with E-state index in [-0.39, 0.29) is 59.3 Å². The molecule has 3 fully saturated rings. The zero-order valence-corrected chi connectivity index (χ0v) is 22.1. The minimum atomic E-state index is -1.15. The second kappa shape index (κ2) is 10.6. The normalized spacial score (nSPS) is 31.4. The quantitative estimate of drug-likeness (QED) is 0.260. The van der Waals surface area contributed by atoms with Gasteiger partial charge in [0.05, 0.1) is 18.0 Å². The summed E-state index contributed by atoms with van der Waals surface area (Å²) in [5.41, 5.74) is 5.86. The molecule has 3 amide bonds. The predicted molar refractivity (Wildman–Crippen MR) is 135 cm³/mol. The SMILES string of the molecule is C[C@@H](NC(=O)Cn1cnnn1)[C@H]1C(=O)N2C(C(=O)O)=C(SC3CNC(C(=O)N4CCC[C@H]4CN)C3)[C@H](C)[C@H]12. The van der Waals surface area contributed by atoms with E-state index < -0.39 is 17.9 Å². The number of aliphatic carboxylic acids is 1. The average molecular weight is 548 g/mol. The van der Waals surface area contributed by atoms with E-state index in [2.05, 4.69) is 26.2 Å². The van der Waals surface area contributed by atoms with Crippen LogP contribution < -0.4 is 16.4 Å². The fraction of sp³-hybridized carbons (Fsp3) is 0.696. The number of nitrogens with zero attached hydrogens (tertiary/aromatic N) is 6. The third-order valence-corrected chi connectivity index (χ3v) is 9.54. The molecule has 0 aromatic carbocycles. The molecule has 0 saturated carbocycles. The molecule has 5 rings (SSSR count). The number of carboxylic acid groups (broad SMARTS) is 1. The van der Waals surface area contributed by atoms with Gasteiger partial charge in [0.2, 0.25) is 17.7 Å². The average Bonchev–Trinajstić information content (AvgIpc) is 3.66. The van der Waals surface area contributed by atoms with Crippen LogP contribution in [0.4, 0.5) is 0 Å². The number of tetrazole rings is 1. The van der Waals surface area contributed by atoms with Crippen molar-refractivity contribution in [3.05, 3.63) is 16.9 Å². The Morgan fingerprint density at radius 3 is 2.84 bits per heavy atom. The summed E-state index contributed by atoms with van der Waals surface area (Å²) in [6.07, 6.45) is 3.77. The van der Waals surface area contributed by atoms with Crippen molar-refractivity contribution in [1.82, 2.24) is 40.6 Å². The second-order valence-corrected chi connectivity index (χ2v) is 11.7. The number of thioether (sulfide) groups is 1.